The van der Waals surface area contributed by atoms with Gasteiger partial charge in [-0.05, 0) is 18.8 Å². The van der Waals surface area contributed by atoms with Crippen LogP contribution < -0.4 is 10.6 Å². The van der Waals surface area contributed by atoms with Crippen molar-refractivity contribution in [2.24, 2.45) is 5.92 Å². The third-order valence-electron chi connectivity index (χ3n) is 3.09. The van der Waals surface area contributed by atoms with Crippen molar-refractivity contribution < 1.29 is 14.4 Å². The second-order valence-corrected chi connectivity index (χ2v) is 4.69. The van der Waals surface area contributed by atoms with Crippen LogP contribution in [-0.2, 0) is 9.59 Å². The molecule has 0 radical (unpaired) electrons. The van der Waals surface area contributed by atoms with Crippen LogP contribution in [0, 0.1) is 5.92 Å². The van der Waals surface area contributed by atoms with E-state index in [2.05, 4.69) is 23.3 Å². The Kier molecular flexibility index (Phi) is 2.46. The summed E-state index contributed by atoms with van der Waals surface area (Å²) in [7, 11) is 0. The fourth-order valence-electron chi connectivity index (χ4n) is 2.25. The van der Waals surface area contributed by atoms with Gasteiger partial charge in [0.05, 0.1) is 0 Å². The molecule has 1 aliphatic carbocycles. The number of imide groups is 2. The SMILES string of the molecule is O=C1NC(=O)C(S)(C2CCCC2)C(=O)N1. The molecule has 0 atom stereocenters. The molecule has 4 amide bonds. The lowest BCUT2D eigenvalue weighted by molar-refractivity contribution is -0.135. The van der Waals surface area contributed by atoms with Gasteiger partial charge in [-0.3, -0.25) is 20.2 Å². The molecule has 15 heavy (non-hydrogen) atoms. The van der Waals surface area contributed by atoms with Gasteiger partial charge in [-0.25, -0.2) is 4.79 Å². The van der Waals surface area contributed by atoms with Gasteiger partial charge in [0.1, 0.15) is 0 Å². The zero-order valence-corrected chi connectivity index (χ0v) is 8.97. The van der Waals surface area contributed by atoms with E-state index in [9.17, 15) is 14.4 Å². The third-order valence-corrected chi connectivity index (χ3v) is 3.86. The summed E-state index contributed by atoms with van der Waals surface area (Å²) < 4.78 is -1.37. The summed E-state index contributed by atoms with van der Waals surface area (Å²) in [4.78, 5) is 34.2. The normalized spacial score (nSPS) is 26.3. The van der Waals surface area contributed by atoms with Gasteiger partial charge in [0.25, 0.3) is 11.8 Å². The maximum Gasteiger partial charge on any atom is 0.328 e. The Balaban J connectivity index is 2.27. The van der Waals surface area contributed by atoms with Crippen LogP contribution in [0.1, 0.15) is 25.7 Å². The Morgan fingerprint density at radius 1 is 1.07 bits per heavy atom. The first kappa shape index (κ1) is 10.5. The number of carbonyl (C=O) groups excluding carboxylic acids is 3. The fraction of sp³-hybridized carbons (Fsp3) is 0.667. The molecule has 6 heteroatoms. The molecule has 82 valence electrons. The average Bonchev–Trinajstić information content (AvgIpc) is 2.66. The summed E-state index contributed by atoms with van der Waals surface area (Å²) >= 11 is 4.20. The molecule has 0 unspecified atom stereocenters. The zero-order chi connectivity index (χ0) is 11.1. The number of hydrogen-bond acceptors (Lipinski definition) is 4. The molecular weight excluding hydrogens is 216 g/mol. The molecule has 0 spiro atoms. The standard InChI is InChI=1S/C9H12N2O3S/c12-6-9(15,5-3-1-2-4-5)7(13)11-8(14)10-6/h5,15H,1-4H2,(H2,10,11,12,13,14). The van der Waals surface area contributed by atoms with Crippen molar-refractivity contribution in [1.29, 1.82) is 0 Å². The first-order valence-corrected chi connectivity index (χ1v) is 5.39. The largest absolute Gasteiger partial charge is 0.328 e. The average molecular weight is 228 g/mol. The molecule has 1 saturated heterocycles. The van der Waals surface area contributed by atoms with E-state index in [1.807, 2.05) is 0 Å². The Morgan fingerprint density at radius 2 is 1.53 bits per heavy atom. The smallest absolute Gasteiger partial charge is 0.276 e. The summed E-state index contributed by atoms with van der Waals surface area (Å²) in [5, 5.41) is 4.18. The number of amides is 4. The third kappa shape index (κ3) is 1.52. The van der Waals surface area contributed by atoms with Crippen LogP contribution in [0.2, 0.25) is 0 Å². The molecule has 1 saturated carbocycles. The molecule has 2 fully saturated rings. The summed E-state index contributed by atoms with van der Waals surface area (Å²) in [5.74, 6) is -1.26. The first-order chi connectivity index (χ1) is 7.05. The topological polar surface area (TPSA) is 75.3 Å². The molecule has 0 bridgehead atoms. The van der Waals surface area contributed by atoms with E-state index in [1.165, 1.54) is 0 Å². The number of barbiturate groups is 1. The monoisotopic (exact) mass is 228 g/mol. The van der Waals surface area contributed by atoms with Crippen LogP contribution in [0.5, 0.6) is 0 Å². The van der Waals surface area contributed by atoms with Gasteiger partial charge in [-0.2, -0.15) is 12.6 Å². The molecule has 2 rings (SSSR count). The number of nitrogens with one attached hydrogen (secondary N) is 2. The van der Waals surface area contributed by atoms with Crippen molar-refractivity contribution in [2.75, 3.05) is 0 Å². The van der Waals surface area contributed by atoms with E-state index in [0.717, 1.165) is 25.7 Å². The lowest BCUT2D eigenvalue weighted by Gasteiger charge is -2.34. The quantitative estimate of drug-likeness (QED) is 0.443. The van der Waals surface area contributed by atoms with Crippen LogP contribution in [-0.4, -0.2) is 22.6 Å². The van der Waals surface area contributed by atoms with E-state index in [0.29, 0.717) is 0 Å². The highest BCUT2D eigenvalue weighted by atomic mass is 32.1. The Bertz CT molecular complexity index is 316. The molecule has 5 nitrogen and oxygen atoms in total. The molecular formula is C9H12N2O3S. The summed E-state index contributed by atoms with van der Waals surface area (Å²) in [6.45, 7) is 0. The lowest BCUT2D eigenvalue weighted by Crippen LogP contribution is -2.66. The molecule has 0 aromatic rings. The molecule has 2 aliphatic rings. The van der Waals surface area contributed by atoms with E-state index in [-0.39, 0.29) is 5.92 Å². The van der Waals surface area contributed by atoms with Crippen molar-refractivity contribution in [3.8, 4) is 0 Å². The number of urea groups is 1. The minimum absolute atomic E-state index is 0.0751. The Labute approximate surface area is 92.4 Å². The molecule has 2 N–H and O–H groups in total. The van der Waals surface area contributed by atoms with Gasteiger partial charge in [0.15, 0.2) is 4.75 Å². The van der Waals surface area contributed by atoms with Crippen molar-refractivity contribution in [2.45, 2.75) is 30.4 Å². The molecule has 1 aliphatic heterocycles. The van der Waals surface area contributed by atoms with Crippen molar-refractivity contribution in [1.82, 2.24) is 10.6 Å². The molecule has 0 aromatic heterocycles. The van der Waals surface area contributed by atoms with Crippen molar-refractivity contribution >= 4 is 30.5 Å². The predicted molar refractivity (Wildman–Crippen MR) is 55.4 cm³/mol. The van der Waals surface area contributed by atoms with Gasteiger partial charge in [0, 0.05) is 0 Å². The van der Waals surface area contributed by atoms with E-state index in [4.69, 9.17) is 0 Å². The summed E-state index contributed by atoms with van der Waals surface area (Å²) in [5.41, 5.74) is 0. The van der Waals surface area contributed by atoms with Crippen LogP contribution >= 0.6 is 12.6 Å². The lowest BCUT2D eigenvalue weighted by atomic mass is 9.87. The highest BCUT2D eigenvalue weighted by molar-refractivity contribution is 7.83. The Morgan fingerprint density at radius 3 is 2.00 bits per heavy atom. The van der Waals surface area contributed by atoms with Crippen LogP contribution in [0.25, 0.3) is 0 Å². The molecule has 1 heterocycles. The van der Waals surface area contributed by atoms with Crippen LogP contribution in [0.4, 0.5) is 4.79 Å². The van der Waals surface area contributed by atoms with Crippen molar-refractivity contribution in [3.05, 3.63) is 0 Å². The van der Waals surface area contributed by atoms with Gasteiger partial charge < -0.3 is 0 Å². The highest BCUT2D eigenvalue weighted by Crippen LogP contribution is 2.39. The molecule has 0 aromatic carbocycles. The van der Waals surface area contributed by atoms with Gasteiger partial charge in [-0.1, -0.05) is 12.8 Å². The first-order valence-electron chi connectivity index (χ1n) is 4.94. The van der Waals surface area contributed by atoms with Gasteiger partial charge >= 0.3 is 6.03 Å². The van der Waals surface area contributed by atoms with Crippen LogP contribution in [0.15, 0.2) is 0 Å². The minimum atomic E-state index is -1.37. The fourth-order valence-corrected chi connectivity index (χ4v) is 2.62. The van der Waals surface area contributed by atoms with E-state index in [1.54, 1.807) is 0 Å². The van der Waals surface area contributed by atoms with E-state index < -0.39 is 22.6 Å². The number of hydrogen-bond donors (Lipinski definition) is 3. The summed E-state index contributed by atoms with van der Waals surface area (Å²) in [6, 6.07) is -0.757. The number of rotatable bonds is 1. The van der Waals surface area contributed by atoms with Gasteiger partial charge in [0.2, 0.25) is 0 Å². The summed E-state index contributed by atoms with van der Waals surface area (Å²) in [6.07, 6.45) is 3.61. The van der Waals surface area contributed by atoms with Gasteiger partial charge in [-0.15, -0.1) is 0 Å². The number of carbonyl (C=O) groups is 3. The maximum absolute atomic E-state index is 11.7. The predicted octanol–water partition coefficient (Wildman–Crippen LogP) is 0.211. The van der Waals surface area contributed by atoms with Crippen molar-refractivity contribution in [3.63, 3.8) is 0 Å². The van der Waals surface area contributed by atoms with E-state index >= 15 is 0 Å². The van der Waals surface area contributed by atoms with Crippen LogP contribution in [0.3, 0.4) is 0 Å². The second-order valence-electron chi connectivity index (χ2n) is 3.99. The Hall–Kier alpha value is -1.04. The number of thiol groups is 1. The second kappa shape index (κ2) is 3.52. The zero-order valence-electron chi connectivity index (χ0n) is 8.08. The highest BCUT2D eigenvalue weighted by Gasteiger charge is 2.53. The minimum Gasteiger partial charge on any atom is -0.276 e. The maximum atomic E-state index is 11.7.